The molecule has 0 amide bonds. The van der Waals surface area contributed by atoms with Gasteiger partial charge in [-0.3, -0.25) is 4.90 Å². The van der Waals surface area contributed by atoms with Crippen molar-refractivity contribution in [2.24, 2.45) is 0 Å². The van der Waals surface area contributed by atoms with Crippen LogP contribution in [0.4, 0.5) is 5.69 Å². The second-order valence-electron chi connectivity index (χ2n) is 7.49. The first-order valence-electron chi connectivity index (χ1n) is 9.96. The third kappa shape index (κ3) is 3.13. The van der Waals surface area contributed by atoms with Gasteiger partial charge in [0.05, 0.1) is 6.04 Å². The normalized spacial score (nSPS) is 16.5. The largest absolute Gasteiger partial charge is 0.369 e. The van der Waals surface area contributed by atoms with Crippen LogP contribution in [0, 0.1) is 6.92 Å². The highest BCUT2D eigenvalue weighted by Crippen LogP contribution is 2.38. The fourth-order valence-electron chi connectivity index (χ4n) is 4.48. The lowest BCUT2D eigenvalue weighted by molar-refractivity contribution is 0.215. The number of nitrogens with zero attached hydrogens (tertiary/aromatic N) is 2. The van der Waals surface area contributed by atoms with Crippen molar-refractivity contribution in [3.8, 4) is 0 Å². The molecule has 1 aliphatic rings. The third-order valence-electron chi connectivity index (χ3n) is 5.83. The quantitative estimate of drug-likeness (QED) is 0.503. The molecule has 4 aromatic rings. The van der Waals surface area contributed by atoms with Crippen LogP contribution < -0.4 is 4.90 Å². The van der Waals surface area contributed by atoms with Gasteiger partial charge in [0.15, 0.2) is 0 Å². The number of H-pyrrole nitrogens is 1. The van der Waals surface area contributed by atoms with Crippen molar-refractivity contribution in [3.63, 3.8) is 0 Å². The number of para-hydroxylation sites is 2. The average molecular weight is 388 g/mol. The summed E-state index contributed by atoms with van der Waals surface area (Å²) in [6.45, 7) is 6.48. The van der Waals surface area contributed by atoms with Crippen molar-refractivity contribution in [2.45, 2.75) is 13.0 Å². The number of nitrogens with one attached hydrogen (secondary N) is 1. The molecule has 3 heterocycles. The maximum atomic E-state index is 3.61. The lowest BCUT2D eigenvalue weighted by Gasteiger charge is -2.40. The Morgan fingerprint density at radius 2 is 1.61 bits per heavy atom. The summed E-state index contributed by atoms with van der Waals surface area (Å²) in [5.74, 6) is 0. The number of benzene rings is 2. The maximum Gasteiger partial charge on any atom is 0.0720 e. The Balaban J connectivity index is 1.48. The monoisotopic (exact) mass is 387 g/mol. The molecule has 1 atom stereocenters. The predicted molar refractivity (Wildman–Crippen MR) is 119 cm³/mol. The van der Waals surface area contributed by atoms with Crippen molar-refractivity contribution < 1.29 is 0 Å². The van der Waals surface area contributed by atoms with E-state index in [0.717, 1.165) is 26.2 Å². The van der Waals surface area contributed by atoms with E-state index in [1.807, 2.05) is 11.3 Å². The van der Waals surface area contributed by atoms with E-state index in [1.165, 1.54) is 32.7 Å². The van der Waals surface area contributed by atoms with Gasteiger partial charge in [0, 0.05) is 58.9 Å². The molecule has 1 fully saturated rings. The molecule has 0 spiro atoms. The lowest BCUT2D eigenvalue weighted by atomic mass is 9.99. The van der Waals surface area contributed by atoms with Gasteiger partial charge in [0.1, 0.15) is 0 Å². The van der Waals surface area contributed by atoms with Crippen LogP contribution in [0.5, 0.6) is 0 Å². The van der Waals surface area contributed by atoms with Crippen LogP contribution in [0.25, 0.3) is 10.9 Å². The van der Waals surface area contributed by atoms with Gasteiger partial charge in [0.2, 0.25) is 0 Å². The second kappa shape index (κ2) is 7.46. The minimum Gasteiger partial charge on any atom is -0.369 e. The highest BCUT2D eigenvalue weighted by molar-refractivity contribution is 7.10. The molecule has 0 saturated carbocycles. The van der Waals surface area contributed by atoms with Crippen molar-refractivity contribution in [1.82, 2.24) is 9.88 Å². The number of aromatic nitrogens is 1. The van der Waals surface area contributed by atoms with E-state index in [-0.39, 0.29) is 0 Å². The smallest absolute Gasteiger partial charge is 0.0720 e. The van der Waals surface area contributed by atoms with Crippen molar-refractivity contribution in [3.05, 3.63) is 88.2 Å². The number of aromatic amines is 1. The first-order valence-corrected chi connectivity index (χ1v) is 10.8. The van der Waals surface area contributed by atoms with Crippen molar-refractivity contribution in [1.29, 1.82) is 0 Å². The molecule has 1 unspecified atom stereocenters. The van der Waals surface area contributed by atoms with Crippen LogP contribution in [0.1, 0.15) is 22.2 Å². The number of rotatable bonds is 4. The molecule has 5 rings (SSSR count). The molecule has 142 valence electrons. The molecule has 1 saturated heterocycles. The molecule has 4 heteroatoms. The van der Waals surface area contributed by atoms with Crippen molar-refractivity contribution >= 4 is 27.9 Å². The number of fused-ring (bicyclic) bond motifs is 1. The summed E-state index contributed by atoms with van der Waals surface area (Å²) in [5, 5.41) is 3.55. The maximum absolute atomic E-state index is 3.61. The minimum absolute atomic E-state index is 0.314. The molecule has 0 radical (unpaired) electrons. The average Bonchev–Trinajstić information content (AvgIpc) is 3.38. The Morgan fingerprint density at radius 1 is 0.857 bits per heavy atom. The first kappa shape index (κ1) is 17.5. The highest BCUT2D eigenvalue weighted by atomic mass is 32.1. The molecule has 2 aromatic carbocycles. The molecular weight excluding hydrogens is 362 g/mol. The van der Waals surface area contributed by atoms with Crippen LogP contribution in [0.15, 0.2) is 72.1 Å². The summed E-state index contributed by atoms with van der Waals surface area (Å²) in [5.41, 5.74) is 5.29. The Kier molecular flexibility index (Phi) is 4.67. The summed E-state index contributed by atoms with van der Waals surface area (Å²) in [7, 11) is 0. The Labute approximate surface area is 170 Å². The Morgan fingerprint density at radius 3 is 2.36 bits per heavy atom. The van der Waals surface area contributed by atoms with E-state index in [1.54, 1.807) is 0 Å². The van der Waals surface area contributed by atoms with Crippen LogP contribution >= 0.6 is 11.3 Å². The number of hydrogen-bond acceptors (Lipinski definition) is 3. The van der Waals surface area contributed by atoms with Gasteiger partial charge in [0.25, 0.3) is 0 Å². The van der Waals surface area contributed by atoms with Gasteiger partial charge >= 0.3 is 0 Å². The van der Waals surface area contributed by atoms with E-state index in [9.17, 15) is 0 Å². The minimum atomic E-state index is 0.314. The molecule has 0 aliphatic carbocycles. The van der Waals surface area contributed by atoms with Gasteiger partial charge in [-0.05, 0) is 36.6 Å². The summed E-state index contributed by atoms with van der Waals surface area (Å²) >= 11 is 1.87. The van der Waals surface area contributed by atoms with Gasteiger partial charge in [-0.25, -0.2) is 0 Å². The van der Waals surface area contributed by atoms with Gasteiger partial charge in [-0.1, -0.05) is 42.5 Å². The Bertz CT molecular complexity index is 1040. The predicted octanol–water partition coefficient (Wildman–Crippen LogP) is 5.45. The third-order valence-corrected chi connectivity index (χ3v) is 6.76. The van der Waals surface area contributed by atoms with E-state index in [0.29, 0.717) is 6.04 Å². The molecule has 1 aliphatic heterocycles. The summed E-state index contributed by atoms with van der Waals surface area (Å²) in [6, 6.07) is 24.3. The summed E-state index contributed by atoms with van der Waals surface area (Å²) in [4.78, 5) is 10.2. The zero-order valence-electron chi connectivity index (χ0n) is 16.1. The molecule has 1 N–H and O–H groups in total. The van der Waals surface area contributed by atoms with Gasteiger partial charge in [-0.15, -0.1) is 11.3 Å². The van der Waals surface area contributed by atoms with E-state index < -0.39 is 0 Å². The number of thiophene rings is 1. The highest BCUT2D eigenvalue weighted by Gasteiger charge is 2.30. The SMILES string of the molecule is Cc1[nH]c2ccccc2c1C(c1cccs1)N1CCN(c2ccccc2)CC1. The molecular formula is C24H25N3S. The number of piperazine rings is 1. The zero-order valence-corrected chi connectivity index (χ0v) is 17.0. The topological polar surface area (TPSA) is 22.3 Å². The van der Waals surface area contributed by atoms with E-state index in [2.05, 4.69) is 93.8 Å². The molecule has 0 bridgehead atoms. The lowest BCUT2D eigenvalue weighted by Crippen LogP contribution is -2.47. The first-order chi connectivity index (χ1) is 13.8. The van der Waals surface area contributed by atoms with E-state index in [4.69, 9.17) is 0 Å². The van der Waals surface area contributed by atoms with Crippen LogP contribution in [0.3, 0.4) is 0 Å². The fourth-order valence-corrected chi connectivity index (χ4v) is 5.35. The van der Waals surface area contributed by atoms with Crippen molar-refractivity contribution in [2.75, 3.05) is 31.1 Å². The molecule has 3 nitrogen and oxygen atoms in total. The summed E-state index contributed by atoms with van der Waals surface area (Å²) in [6.07, 6.45) is 0. The Hall–Kier alpha value is -2.56. The fraction of sp³-hybridized carbons (Fsp3) is 0.250. The van der Waals surface area contributed by atoms with Crippen LogP contribution in [-0.4, -0.2) is 36.1 Å². The standard InChI is InChI=1S/C24H25N3S/c1-18-23(20-10-5-6-11-21(20)25-18)24(22-12-7-17-28-22)27-15-13-26(14-16-27)19-8-3-2-4-9-19/h2-12,17,24-25H,13-16H2,1H3. The number of hydrogen-bond donors (Lipinski definition) is 1. The van der Waals surface area contributed by atoms with E-state index >= 15 is 0 Å². The van der Waals surface area contributed by atoms with Crippen LogP contribution in [0.2, 0.25) is 0 Å². The number of anilines is 1. The molecule has 28 heavy (non-hydrogen) atoms. The van der Waals surface area contributed by atoms with Gasteiger partial charge in [-0.2, -0.15) is 0 Å². The zero-order chi connectivity index (χ0) is 18.9. The summed E-state index contributed by atoms with van der Waals surface area (Å²) < 4.78 is 0. The second-order valence-corrected chi connectivity index (χ2v) is 8.47. The molecule has 2 aromatic heterocycles. The van der Waals surface area contributed by atoms with Crippen LogP contribution in [-0.2, 0) is 0 Å². The van der Waals surface area contributed by atoms with Gasteiger partial charge < -0.3 is 9.88 Å². The number of aryl methyl sites for hydroxylation is 1.